The predicted octanol–water partition coefficient (Wildman–Crippen LogP) is 0.551. The first-order chi connectivity index (χ1) is 7.42. The maximum Gasteiger partial charge on any atom is 0.141 e. The second-order valence-electron chi connectivity index (χ2n) is 3.57. The topological polar surface area (TPSA) is 52.0 Å². The molecule has 0 spiro atoms. The van der Waals surface area contributed by atoms with E-state index < -0.39 is 0 Å². The van der Waals surface area contributed by atoms with E-state index in [1.54, 1.807) is 6.20 Å². The van der Waals surface area contributed by atoms with Gasteiger partial charge < -0.3 is 5.32 Å². The molecule has 1 aliphatic heterocycles. The first kappa shape index (κ1) is 10.1. The van der Waals surface area contributed by atoms with Crippen LogP contribution in [0, 0.1) is 11.3 Å². The third-order valence-corrected chi connectivity index (χ3v) is 2.61. The van der Waals surface area contributed by atoms with E-state index in [9.17, 15) is 5.26 Å². The fraction of sp³-hybridized carbons (Fsp3) is 0.455. The first-order valence-corrected chi connectivity index (χ1v) is 5.17. The summed E-state index contributed by atoms with van der Waals surface area (Å²) < 4.78 is 0. The molecule has 1 N–H and O–H groups in total. The monoisotopic (exact) mass is 202 g/mol. The molecule has 15 heavy (non-hydrogen) atoms. The quantitative estimate of drug-likeness (QED) is 0.761. The molecule has 0 saturated carbocycles. The molecule has 1 unspecified atom stereocenters. The highest BCUT2D eigenvalue weighted by molar-refractivity contribution is 5.16. The number of aromatic nitrogens is 1. The Hall–Kier alpha value is -1.44. The molecule has 1 atom stereocenters. The summed E-state index contributed by atoms with van der Waals surface area (Å²) in [6, 6.07) is 7.83. The van der Waals surface area contributed by atoms with E-state index >= 15 is 0 Å². The highest BCUT2D eigenvalue weighted by atomic mass is 15.2. The van der Waals surface area contributed by atoms with Crippen LogP contribution >= 0.6 is 0 Å². The maximum atomic E-state index is 9.18. The van der Waals surface area contributed by atoms with Gasteiger partial charge in [0.25, 0.3) is 0 Å². The lowest BCUT2D eigenvalue weighted by Crippen LogP contribution is -2.45. The van der Waals surface area contributed by atoms with E-state index in [2.05, 4.69) is 21.3 Å². The summed E-state index contributed by atoms with van der Waals surface area (Å²) in [6.07, 6.45) is 1.74. The van der Waals surface area contributed by atoms with Gasteiger partial charge in [-0.3, -0.25) is 9.88 Å². The van der Waals surface area contributed by atoms with Gasteiger partial charge >= 0.3 is 0 Å². The molecule has 0 radical (unpaired) electrons. The van der Waals surface area contributed by atoms with Crippen LogP contribution in [0.1, 0.15) is 11.7 Å². The van der Waals surface area contributed by atoms with Gasteiger partial charge in [-0.25, -0.2) is 0 Å². The maximum absolute atomic E-state index is 9.18. The molecule has 1 aromatic heterocycles. The zero-order valence-electron chi connectivity index (χ0n) is 8.56. The van der Waals surface area contributed by atoms with Crippen molar-refractivity contribution in [3.8, 4) is 6.07 Å². The van der Waals surface area contributed by atoms with Crippen LogP contribution in [0.4, 0.5) is 0 Å². The highest BCUT2D eigenvalue weighted by Gasteiger charge is 2.22. The molecule has 78 valence electrons. The fourth-order valence-electron chi connectivity index (χ4n) is 1.81. The van der Waals surface area contributed by atoms with Crippen molar-refractivity contribution in [3.63, 3.8) is 0 Å². The summed E-state index contributed by atoms with van der Waals surface area (Å²) in [4.78, 5) is 6.41. The van der Waals surface area contributed by atoms with Gasteiger partial charge in [0.1, 0.15) is 6.04 Å². The minimum atomic E-state index is -0.201. The number of piperazine rings is 1. The number of nitriles is 1. The van der Waals surface area contributed by atoms with E-state index in [-0.39, 0.29) is 6.04 Å². The number of rotatable bonds is 2. The molecule has 0 bridgehead atoms. The number of nitrogens with one attached hydrogen (secondary N) is 1. The summed E-state index contributed by atoms with van der Waals surface area (Å²) in [6.45, 7) is 3.72. The second-order valence-corrected chi connectivity index (χ2v) is 3.57. The van der Waals surface area contributed by atoms with Crippen LogP contribution in [0.15, 0.2) is 24.4 Å². The van der Waals surface area contributed by atoms with Gasteiger partial charge in [-0.2, -0.15) is 5.26 Å². The number of nitrogens with zero attached hydrogens (tertiary/aromatic N) is 3. The van der Waals surface area contributed by atoms with Crippen LogP contribution < -0.4 is 5.32 Å². The van der Waals surface area contributed by atoms with Crippen LogP contribution in [0.5, 0.6) is 0 Å². The van der Waals surface area contributed by atoms with Crippen molar-refractivity contribution in [2.75, 3.05) is 26.2 Å². The fourth-order valence-corrected chi connectivity index (χ4v) is 1.81. The van der Waals surface area contributed by atoms with E-state index in [0.717, 1.165) is 31.9 Å². The van der Waals surface area contributed by atoms with Crippen molar-refractivity contribution in [1.29, 1.82) is 5.26 Å². The van der Waals surface area contributed by atoms with Crippen molar-refractivity contribution in [3.05, 3.63) is 30.1 Å². The lowest BCUT2D eigenvalue weighted by molar-refractivity contribution is 0.205. The van der Waals surface area contributed by atoms with Gasteiger partial charge in [0.15, 0.2) is 0 Å². The third kappa shape index (κ3) is 2.32. The van der Waals surface area contributed by atoms with E-state index in [1.807, 2.05) is 18.2 Å². The summed E-state index contributed by atoms with van der Waals surface area (Å²) in [7, 11) is 0. The van der Waals surface area contributed by atoms with Gasteiger partial charge in [0, 0.05) is 32.4 Å². The number of hydrogen-bond donors (Lipinski definition) is 1. The van der Waals surface area contributed by atoms with Crippen molar-refractivity contribution >= 4 is 0 Å². The Balaban J connectivity index is 2.14. The lowest BCUT2D eigenvalue weighted by Gasteiger charge is -2.30. The summed E-state index contributed by atoms with van der Waals surface area (Å²) in [5.41, 5.74) is 0.849. The standard InChI is InChI=1S/C11H14N4/c12-9-11(10-3-1-2-4-14-10)15-7-5-13-6-8-15/h1-4,11,13H,5-8H2. The highest BCUT2D eigenvalue weighted by Crippen LogP contribution is 2.17. The molecule has 0 aromatic carbocycles. The number of pyridine rings is 1. The van der Waals surface area contributed by atoms with Crippen LogP contribution in [-0.4, -0.2) is 36.1 Å². The van der Waals surface area contributed by atoms with Gasteiger partial charge in [-0.1, -0.05) is 6.07 Å². The summed E-state index contributed by atoms with van der Waals surface area (Å²) in [5.74, 6) is 0. The van der Waals surface area contributed by atoms with Gasteiger partial charge in [0.05, 0.1) is 11.8 Å². The average Bonchev–Trinajstić information content (AvgIpc) is 2.33. The van der Waals surface area contributed by atoms with Crippen molar-refractivity contribution in [2.45, 2.75) is 6.04 Å². The Bertz CT molecular complexity index is 337. The average molecular weight is 202 g/mol. The van der Waals surface area contributed by atoms with E-state index in [4.69, 9.17) is 0 Å². The Morgan fingerprint density at radius 2 is 2.20 bits per heavy atom. The molecule has 4 heteroatoms. The molecule has 2 heterocycles. The van der Waals surface area contributed by atoms with Crippen LogP contribution in [-0.2, 0) is 0 Å². The summed E-state index contributed by atoms with van der Waals surface area (Å²) >= 11 is 0. The van der Waals surface area contributed by atoms with Crippen molar-refractivity contribution in [1.82, 2.24) is 15.2 Å². The Labute approximate surface area is 89.5 Å². The minimum absolute atomic E-state index is 0.201. The molecule has 2 rings (SSSR count). The normalized spacial score (nSPS) is 19.4. The van der Waals surface area contributed by atoms with Crippen molar-refractivity contribution in [2.24, 2.45) is 0 Å². The second kappa shape index (κ2) is 4.87. The first-order valence-electron chi connectivity index (χ1n) is 5.17. The third-order valence-electron chi connectivity index (χ3n) is 2.61. The molecule has 1 fully saturated rings. The Morgan fingerprint density at radius 1 is 1.40 bits per heavy atom. The molecule has 0 amide bonds. The van der Waals surface area contributed by atoms with Crippen LogP contribution in [0.2, 0.25) is 0 Å². The smallest absolute Gasteiger partial charge is 0.141 e. The van der Waals surface area contributed by atoms with Gasteiger partial charge in [-0.05, 0) is 12.1 Å². The molecular formula is C11H14N4. The van der Waals surface area contributed by atoms with Crippen LogP contribution in [0.3, 0.4) is 0 Å². The largest absolute Gasteiger partial charge is 0.314 e. The molecule has 1 aromatic rings. The van der Waals surface area contributed by atoms with Gasteiger partial charge in [0.2, 0.25) is 0 Å². The molecule has 4 nitrogen and oxygen atoms in total. The molecular weight excluding hydrogens is 188 g/mol. The molecule has 0 aliphatic carbocycles. The number of hydrogen-bond acceptors (Lipinski definition) is 4. The van der Waals surface area contributed by atoms with E-state index in [0.29, 0.717) is 0 Å². The zero-order chi connectivity index (χ0) is 10.5. The summed E-state index contributed by atoms with van der Waals surface area (Å²) in [5, 5.41) is 12.5. The van der Waals surface area contributed by atoms with E-state index in [1.165, 1.54) is 0 Å². The Kier molecular flexibility index (Phi) is 3.28. The van der Waals surface area contributed by atoms with Gasteiger partial charge in [-0.15, -0.1) is 0 Å². The lowest BCUT2D eigenvalue weighted by atomic mass is 10.1. The SMILES string of the molecule is N#CC(c1ccccn1)N1CCNCC1. The predicted molar refractivity (Wildman–Crippen MR) is 57.0 cm³/mol. The van der Waals surface area contributed by atoms with Crippen molar-refractivity contribution < 1.29 is 0 Å². The molecule has 1 saturated heterocycles. The Morgan fingerprint density at radius 3 is 2.80 bits per heavy atom. The zero-order valence-corrected chi connectivity index (χ0v) is 8.56. The minimum Gasteiger partial charge on any atom is -0.314 e. The van der Waals surface area contributed by atoms with Crippen LogP contribution in [0.25, 0.3) is 0 Å². The molecule has 1 aliphatic rings.